The Morgan fingerprint density at radius 1 is 0.540 bits per heavy atom. The van der Waals surface area contributed by atoms with Crippen molar-refractivity contribution < 1.29 is 37.9 Å². The second-order valence-electron chi connectivity index (χ2n) is 12.5. The van der Waals surface area contributed by atoms with Gasteiger partial charge in [-0.3, -0.25) is 14.1 Å². The monoisotopic (exact) mass is 720 g/mol. The number of hydrogen-bond acceptors (Lipinski definition) is 6. The van der Waals surface area contributed by atoms with Crippen LogP contribution in [0.15, 0.2) is 72.9 Å². The van der Waals surface area contributed by atoms with Gasteiger partial charge < -0.3 is 19.3 Å². The lowest BCUT2D eigenvalue weighted by Gasteiger charge is -2.18. The largest absolute Gasteiger partial charge is 0.469 e. The van der Waals surface area contributed by atoms with Crippen molar-refractivity contribution in [2.45, 2.75) is 161 Å². The van der Waals surface area contributed by atoms with E-state index >= 15 is 0 Å². The first-order valence-corrected chi connectivity index (χ1v) is 20.8. The van der Waals surface area contributed by atoms with E-state index in [0.717, 1.165) is 70.6 Å². The van der Waals surface area contributed by atoms with Crippen molar-refractivity contribution in [1.82, 2.24) is 0 Å². The van der Waals surface area contributed by atoms with Crippen molar-refractivity contribution in [2.24, 2.45) is 0 Å². The highest BCUT2D eigenvalue weighted by Gasteiger charge is 2.22. The summed E-state index contributed by atoms with van der Waals surface area (Å²) in [5.74, 6) is -0.973. The van der Waals surface area contributed by atoms with E-state index in [-0.39, 0.29) is 19.4 Å². The van der Waals surface area contributed by atoms with Gasteiger partial charge in [-0.2, -0.15) is 0 Å². The molecule has 1 atom stereocenters. The summed E-state index contributed by atoms with van der Waals surface area (Å²) in [4.78, 5) is 42.7. The molecule has 0 unspecified atom stereocenters. The summed E-state index contributed by atoms with van der Waals surface area (Å²) in [7, 11) is -4.77. The first-order chi connectivity index (χ1) is 24.3. The zero-order valence-corrected chi connectivity index (χ0v) is 32.2. The molecule has 0 spiro atoms. The fourth-order valence-corrected chi connectivity index (χ4v) is 5.23. The standard InChI is InChI=1S/C41H69O8P/c1-3-5-7-9-11-13-15-17-19-20-22-24-26-28-30-32-34-36-41(43)49-39(38-48-50(44,45)46)37-47-40(42)35-33-31-29-27-25-23-21-18-16-14-12-10-8-6-4-2/h6,8,12,14,17-19,21-22,24,28,30,39H,3-5,7,9-11,13,15-16,20,23,25-27,29,31-38H2,1-2H3,(H2,44,45,46)/b8-6-,14-12-,19-17-,21-18-,24-22-,30-28-/t39-/m1/s1. The molecule has 0 aliphatic carbocycles. The molecule has 2 N–H and O–H groups in total. The fraction of sp³-hybridized carbons (Fsp3) is 0.659. The van der Waals surface area contributed by atoms with Gasteiger partial charge in [-0.05, 0) is 77.0 Å². The van der Waals surface area contributed by atoms with Gasteiger partial charge in [-0.15, -0.1) is 0 Å². The van der Waals surface area contributed by atoms with Crippen LogP contribution < -0.4 is 0 Å². The van der Waals surface area contributed by atoms with Gasteiger partial charge in [0.1, 0.15) is 6.61 Å². The molecule has 0 amide bonds. The van der Waals surface area contributed by atoms with Crippen LogP contribution in [0.3, 0.4) is 0 Å². The zero-order chi connectivity index (χ0) is 36.8. The molecular formula is C41H69O8P. The number of unbranched alkanes of at least 4 members (excludes halogenated alkanes) is 12. The Kier molecular flexibility index (Phi) is 34.5. The predicted molar refractivity (Wildman–Crippen MR) is 207 cm³/mol. The van der Waals surface area contributed by atoms with Crippen LogP contribution in [0, 0.1) is 0 Å². The average molecular weight is 721 g/mol. The number of carbonyl (C=O) groups is 2. The minimum atomic E-state index is -4.77. The minimum absolute atomic E-state index is 0.133. The number of ether oxygens (including phenoxy) is 2. The lowest BCUT2D eigenvalue weighted by molar-refractivity contribution is -0.161. The maximum absolute atomic E-state index is 12.3. The molecule has 0 heterocycles. The summed E-state index contributed by atoms with van der Waals surface area (Å²) < 4.78 is 26.3. The third-order valence-electron chi connectivity index (χ3n) is 7.71. The Labute approximate surface area is 304 Å². The van der Waals surface area contributed by atoms with Gasteiger partial charge in [0.2, 0.25) is 0 Å². The van der Waals surface area contributed by atoms with E-state index in [2.05, 4.69) is 85.2 Å². The number of phosphoric ester groups is 1. The van der Waals surface area contributed by atoms with E-state index in [9.17, 15) is 14.2 Å². The molecule has 8 nitrogen and oxygen atoms in total. The predicted octanol–water partition coefficient (Wildman–Crippen LogP) is 11.5. The normalized spacial score (nSPS) is 13.3. The molecule has 0 aromatic carbocycles. The number of esters is 2. The molecule has 0 rings (SSSR count). The van der Waals surface area contributed by atoms with Crippen LogP contribution in [-0.2, 0) is 28.2 Å². The molecule has 286 valence electrons. The van der Waals surface area contributed by atoms with E-state index in [1.807, 2.05) is 6.08 Å². The average Bonchev–Trinajstić information content (AvgIpc) is 3.08. The summed E-state index contributed by atoms with van der Waals surface area (Å²) >= 11 is 0. The molecule has 0 aromatic rings. The summed E-state index contributed by atoms with van der Waals surface area (Å²) in [6.45, 7) is 3.49. The molecule has 0 bridgehead atoms. The lowest BCUT2D eigenvalue weighted by Crippen LogP contribution is -2.29. The SMILES string of the molecule is CC/C=C\C/C=C\C/C=C\CCCCCCCC(=O)OC[C@H](COP(=O)(O)O)OC(=O)CCC/C=C\C/C=C\C/C=C\CCCCCCCC. The quantitative estimate of drug-likeness (QED) is 0.0292. The van der Waals surface area contributed by atoms with Crippen LogP contribution in [0.1, 0.15) is 155 Å². The van der Waals surface area contributed by atoms with Gasteiger partial charge in [-0.1, -0.05) is 138 Å². The first-order valence-electron chi connectivity index (χ1n) is 19.2. The molecule has 9 heteroatoms. The van der Waals surface area contributed by atoms with Crippen molar-refractivity contribution in [3.8, 4) is 0 Å². The van der Waals surface area contributed by atoms with Crippen molar-refractivity contribution in [1.29, 1.82) is 0 Å². The van der Waals surface area contributed by atoms with E-state index in [1.165, 1.54) is 38.5 Å². The second-order valence-corrected chi connectivity index (χ2v) is 13.8. The van der Waals surface area contributed by atoms with E-state index < -0.39 is 32.5 Å². The van der Waals surface area contributed by atoms with Crippen molar-refractivity contribution >= 4 is 19.8 Å². The molecule has 0 fully saturated rings. The van der Waals surface area contributed by atoms with Crippen LogP contribution in [0.4, 0.5) is 0 Å². The van der Waals surface area contributed by atoms with Gasteiger partial charge in [0.25, 0.3) is 0 Å². The fourth-order valence-electron chi connectivity index (χ4n) is 4.87. The molecule has 0 saturated heterocycles. The van der Waals surface area contributed by atoms with Gasteiger partial charge >= 0.3 is 19.8 Å². The number of rotatable bonds is 34. The van der Waals surface area contributed by atoms with Crippen molar-refractivity contribution in [3.63, 3.8) is 0 Å². The number of allylic oxidation sites excluding steroid dienone is 12. The van der Waals surface area contributed by atoms with Crippen LogP contribution >= 0.6 is 7.82 Å². The summed E-state index contributed by atoms with van der Waals surface area (Å²) in [6, 6.07) is 0. The van der Waals surface area contributed by atoms with Crippen molar-refractivity contribution in [2.75, 3.05) is 13.2 Å². The summed E-state index contributed by atoms with van der Waals surface area (Å²) in [6.07, 6.45) is 46.3. The molecule has 0 radical (unpaired) electrons. The van der Waals surface area contributed by atoms with Crippen LogP contribution in [0.25, 0.3) is 0 Å². The van der Waals surface area contributed by atoms with Gasteiger partial charge in [-0.25, -0.2) is 4.57 Å². The van der Waals surface area contributed by atoms with E-state index in [1.54, 1.807) is 0 Å². The Morgan fingerprint density at radius 3 is 1.50 bits per heavy atom. The number of hydrogen-bond donors (Lipinski definition) is 2. The third kappa shape index (κ3) is 38.3. The third-order valence-corrected chi connectivity index (χ3v) is 8.19. The Balaban J connectivity index is 4.10. The zero-order valence-electron chi connectivity index (χ0n) is 31.3. The number of carbonyl (C=O) groups excluding carboxylic acids is 2. The molecule has 0 aromatic heterocycles. The summed E-state index contributed by atoms with van der Waals surface area (Å²) in [5.41, 5.74) is 0. The van der Waals surface area contributed by atoms with Crippen LogP contribution in [0.5, 0.6) is 0 Å². The van der Waals surface area contributed by atoms with E-state index in [0.29, 0.717) is 19.3 Å². The lowest BCUT2D eigenvalue weighted by atomic mass is 10.1. The Hall–Kier alpha value is -2.51. The maximum atomic E-state index is 12.3. The maximum Gasteiger partial charge on any atom is 0.469 e. The first kappa shape index (κ1) is 47.5. The minimum Gasteiger partial charge on any atom is -0.462 e. The van der Waals surface area contributed by atoms with E-state index in [4.69, 9.17) is 19.3 Å². The second kappa shape index (κ2) is 36.3. The highest BCUT2D eigenvalue weighted by molar-refractivity contribution is 7.46. The highest BCUT2D eigenvalue weighted by atomic mass is 31.2. The molecule has 0 aliphatic rings. The molecule has 0 saturated carbocycles. The highest BCUT2D eigenvalue weighted by Crippen LogP contribution is 2.35. The molecular weight excluding hydrogens is 651 g/mol. The molecule has 0 aliphatic heterocycles. The van der Waals surface area contributed by atoms with Crippen LogP contribution in [0.2, 0.25) is 0 Å². The summed E-state index contributed by atoms with van der Waals surface area (Å²) in [5, 5.41) is 0. The Bertz CT molecular complexity index is 1040. The van der Waals surface area contributed by atoms with Crippen molar-refractivity contribution in [3.05, 3.63) is 72.9 Å². The molecule has 50 heavy (non-hydrogen) atoms. The Morgan fingerprint density at radius 2 is 0.980 bits per heavy atom. The van der Waals surface area contributed by atoms with Gasteiger partial charge in [0.15, 0.2) is 6.10 Å². The van der Waals surface area contributed by atoms with Crippen LogP contribution in [-0.4, -0.2) is 41.0 Å². The van der Waals surface area contributed by atoms with Gasteiger partial charge in [0.05, 0.1) is 6.61 Å². The van der Waals surface area contributed by atoms with Gasteiger partial charge in [0, 0.05) is 12.8 Å². The topological polar surface area (TPSA) is 119 Å². The smallest absolute Gasteiger partial charge is 0.462 e. The number of phosphoric acid groups is 1.